The number of nitrogens with zero attached hydrogens (tertiary/aromatic N) is 4. The Morgan fingerprint density at radius 2 is 2.10 bits per heavy atom. The molecule has 0 amide bonds. The van der Waals surface area contributed by atoms with Gasteiger partial charge in [0.2, 0.25) is 5.28 Å². The van der Waals surface area contributed by atoms with Crippen LogP contribution in [0.3, 0.4) is 0 Å². The van der Waals surface area contributed by atoms with E-state index in [9.17, 15) is 0 Å². The third-order valence-corrected chi connectivity index (χ3v) is 3.25. The Morgan fingerprint density at radius 1 is 1.30 bits per heavy atom. The third-order valence-electron chi connectivity index (χ3n) is 3.08. The molecule has 0 aromatic carbocycles. The van der Waals surface area contributed by atoms with E-state index in [-0.39, 0.29) is 5.28 Å². The SMILES string of the molecule is CCCCCNc1nc(Cl)nc2ncn(CC(C)C)c12. The topological polar surface area (TPSA) is 55.6 Å². The van der Waals surface area contributed by atoms with Gasteiger partial charge in [-0.25, -0.2) is 4.98 Å². The van der Waals surface area contributed by atoms with Gasteiger partial charge >= 0.3 is 0 Å². The fourth-order valence-corrected chi connectivity index (χ4v) is 2.35. The van der Waals surface area contributed by atoms with E-state index in [0.717, 1.165) is 30.8 Å². The number of fused-ring (bicyclic) bond motifs is 1. The van der Waals surface area contributed by atoms with Crippen molar-refractivity contribution in [3.05, 3.63) is 11.6 Å². The van der Waals surface area contributed by atoms with Crippen LogP contribution >= 0.6 is 11.6 Å². The molecule has 0 unspecified atom stereocenters. The maximum Gasteiger partial charge on any atom is 0.226 e. The van der Waals surface area contributed by atoms with Gasteiger partial charge in [0, 0.05) is 13.1 Å². The van der Waals surface area contributed by atoms with Gasteiger partial charge in [0.05, 0.1) is 6.33 Å². The second-order valence-corrected chi connectivity index (χ2v) is 5.78. The highest BCUT2D eigenvalue weighted by Gasteiger charge is 2.13. The predicted octanol–water partition coefficient (Wildman–Crippen LogP) is 3.74. The van der Waals surface area contributed by atoms with E-state index in [1.54, 1.807) is 0 Å². The number of anilines is 1. The van der Waals surface area contributed by atoms with Crippen LogP contribution in [0.5, 0.6) is 0 Å². The molecule has 2 aromatic heterocycles. The molecule has 0 bridgehead atoms. The first-order chi connectivity index (χ1) is 9.61. The van der Waals surface area contributed by atoms with E-state index >= 15 is 0 Å². The molecule has 0 aliphatic heterocycles. The largest absolute Gasteiger partial charge is 0.368 e. The zero-order chi connectivity index (χ0) is 14.5. The first-order valence-electron chi connectivity index (χ1n) is 7.24. The van der Waals surface area contributed by atoms with Crippen LogP contribution in [0.25, 0.3) is 11.2 Å². The van der Waals surface area contributed by atoms with Gasteiger partial charge in [0.25, 0.3) is 0 Å². The van der Waals surface area contributed by atoms with E-state index in [1.165, 1.54) is 12.8 Å². The maximum atomic E-state index is 5.97. The van der Waals surface area contributed by atoms with Crippen molar-refractivity contribution >= 4 is 28.6 Å². The van der Waals surface area contributed by atoms with Crippen molar-refractivity contribution < 1.29 is 0 Å². The molecule has 1 N–H and O–H groups in total. The highest BCUT2D eigenvalue weighted by Crippen LogP contribution is 2.22. The van der Waals surface area contributed by atoms with Crippen LogP contribution in [0, 0.1) is 5.92 Å². The van der Waals surface area contributed by atoms with Gasteiger partial charge in [-0.15, -0.1) is 0 Å². The van der Waals surface area contributed by atoms with Crippen molar-refractivity contribution in [2.75, 3.05) is 11.9 Å². The Labute approximate surface area is 124 Å². The second-order valence-electron chi connectivity index (χ2n) is 5.44. The van der Waals surface area contributed by atoms with Crippen molar-refractivity contribution in [3.63, 3.8) is 0 Å². The molecule has 6 heteroatoms. The quantitative estimate of drug-likeness (QED) is 0.624. The number of halogens is 1. The van der Waals surface area contributed by atoms with Crippen LogP contribution in [0.2, 0.25) is 5.28 Å². The highest BCUT2D eigenvalue weighted by atomic mass is 35.5. The molecule has 0 spiro atoms. The zero-order valence-electron chi connectivity index (χ0n) is 12.4. The number of hydrogen-bond acceptors (Lipinski definition) is 4. The average Bonchev–Trinajstić information content (AvgIpc) is 2.76. The molecule has 2 heterocycles. The lowest BCUT2D eigenvalue weighted by Gasteiger charge is -2.11. The number of rotatable bonds is 7. The molecule has 110 valence electrons. The molecular formula is C14H22ClN5. The fourth-order valence-electron chi connectivity index (χ4n) is 2.19. The number of unbranched alkanes of at least 4 members (excludes halogenated alkanes) is 2. The van der Waals surface area contributed by atoms with Crippen molar-refractivity contribution in [1.29, 1.82) is 0 Å². The fraction of sp³-hybridized carbons (Fsp3) is 0.643. The van der Waals surface area contributed by atoms with Crippen molar-refractivity contribution in [2.24, 2.45) is 5.92 Å². The average molecular weight is 296 g/mol. The van der Waals surface area contributed by atoms with E-state index in [2.05, 4.69) is 45.6 Å². The molecule has 0 saturated heterocycles. The summed E-state index contributed by atoms with van der Waals surface area (Å²) in [6, 6.07) is 0. The van der Waals surface area contributed by atoms with Crippen molar-refractivity contribution in [3.8, 4) is 0 Å². The summed E-state index contributed by atoms with van der Waals surface area (Å²) in [4.78, 5) is 12.8. The predicted molar refractivity (Wildman–Crippen MR) is 83.2 cm³/mol. The molecule has 5 nitrogen and oxygen atoms in total. The minimum absolute atomic E-state index is 0.241. The molecule has 2 rings (SSSR count). The minimum Gasteiger partial charge on any atom is -0.368 e. The molecule has 0 radical (unpaired) electrons. The number of imidazole rings is 1. The summed E-state index contributed by atoms with van der Waals surface area (Å²) in [5.41, 5.74) is 1.60. The first kappa shape index (κ1) is 15.0. The Bertz CT molecular complexity index is 564. The van der Waals surface area contributed by atoms with Gasteiger partial charge in [-0.3, -0.25) is 0 Å². The summed E-state index contributed by atoms with van der Waals surface area (Å²) in [6.07, 6.45) is 5.35. The molecule has 0 atom stereocenters. The Morgan fingerprint density at radius 3 is 2.80 bits per heavy atom. The molecular weight excluding hydrogens is 274 g/mol. The Balaban J connectivity index is 2.27. The van der Waals surface area contributed by atoms with E-state index in [1.807, 2.05) is 6.33 Å². The number of nitrogens with one attached hydrogen (secondary N) is 1. The van der Waals surface area contributed by atoms with Crippen LogP contribution in [0.4, 0.5) is 5.82 Å². The highest BCUT2D eigenvalue weighted by molar-refractivity contribution is 6.28. The van der Waals surface area contributed by atoms with Gasteiger partial charge in [0.1, 0.15) is 5.52 Å². The van der Waals surface area contributed by atoms with Gasteiger partial charge in [-0.2, -0.15) is 9.97 Å². The lowest BCUT2D eigenvalue weighted by atomic mass is 10.2. The van der Waals surface area contributed by atoms with Crippen LogP contribution < -0.4 is 5.32 Å². The zero-order valence-corrected chi connectivity index (χ0v) is 13.1. The van der Waals surface area contributed by atoms with Crippen molar-refractivity contribution in [2.45, 2.75) is 46.6 Å². The summed E-state index contributed by atoms with van der Waals surface area (Å²) in [5, 5.41) is 3.61. The lowest BCUT2D eigenvalue weighted by Crippen LogP contribution is -2.09. The molecule has 0 saturated carbocycles. The molecule has 20 heavy (non-hydrogen) atoms. The van der Waals surface area contributed by atoms with Crippen molar-refractivity contribution in [1.82, 2.24) is 19.5 Å². The van der Waals surface area contributed by atoms with Gasteiger partial charge in [-0.05, 0) is 23.9 Å². The van der Waals surface area contributed by atoms with Crippen LogP contribution in [0.1, 0.15) is 40.0 Å². The van der Waals surface area contributed by atoms with E-state index < -0.39 is 0 Å². The summed E-state index contributed by atoms with van der Waals surface area (Å²) in [6.45, 7) is 8.33. The van der Waals surface area contributed by atoms with E-state index in [0.29, 0.717) is 11.6 Å². The van der Waals surface area contributed by atoms with Gasteiger partial charge in [0.15, 0.2) is 11.5 Å². The van der Waals surface area contributed by atoms with Crippen LogP contribution in [-0.2, 0) is 6.54 Å². The second kappa shape index (κ2) is 6.88. The van der Waals surface area contributed by atoms with E-state index in [4.69, 9.17) is 11.6 Å². The monoisotopic (exact) mass is 295 g/mol. The van der Waals surface area contributed by atoms with Gasteiger partial charge in [-0.1, -0.05) is 33.6 Å². The molecule has 0 aliphatic carbocycles. The Hall–Kier alpha value is -1.36. The molecule has 0 fully saturated rings. The van der Waals surface area contributed by atoms with Crippen LogP contribution in [-0.4, -0.2) is 26.1 Å². The number of hydrogen-bond donors (Lipinski definition) is 1. The first-order valence-corrected chi connectivity index (χ1v) is 7.61. The van der Waals surface area contributed by atoms with Crippen LogP contribution in [0.15, 0.2) is 6.33 Å². The maximum absolute atomic E-state index is 5.97. The normalized spacial score (nSPS) is 11.4. The third kappa shape index (κ3) is 3.60. The molecule has 0 aliphatic rings. The smallest absolute Gasteiger partial charge is 0.226 e. The lowest BCUT2D eigenvalue weighted by molar-refractivity contribution is 0.532. The standard InChI is InChI=1S/C14H22ClN5/c1-4-5-6-7-16-12-11-13(19-14(15)18-12)17-9-20(11)8-10(2)3/h9-10H,4-8H2,1-3H3,(H,16,18,19). The Kier molecular flexibility index (Phi) is 5.17. The summed E-state index contributed by atoms with van der Waals surface area (Å²) in [7, 11) is 0. The molecule has 2 aromatic rings. The number of aromatic nitrogens is 4. The summed E-state index contributed by atoms with van der Waals surface area (Å²) >= 11 is 5.97. The summed E-state index contributed by atoms with van der Waals surface area (Å²) in [5.74, 6) is 1.32. The van der Waals surface area contributed by atoms with Gasteiger partial charge < -0.3 is 9.88 Å². The minimum atomic E-state index is 0.241. The summed E-state index contributed by atoms with van der Waals surface area (Å²) < 4.78 is 2.10.